The fourth-order valence-electron chi connectivity index (χ4n) is 3.22. The number of carbonyl (C=O) groups excluding carboxylic acids is 1. The number of nitrogens with zero attached hydrogens (tertiary/aromatic N) is 4. The maximum absolute atomic E-state index is 12.6. The smallest absolute Gasteiger partial charge is 0.370 e. The molecule has 10 heteroatoms. The lowest BCUT2D eigenvalue weighted by molar-refractivity contribution is -0.137. The topological polar surface area (TPSA) is 71.0 Å². The number of aromatic nitrogens is 3. The molecule has 1 N–H and O–H groups in total. The number of benzene rings is 1. The zero-order valence-corrected chi connectivity index (χ0v) is 16.6. The summed E-state index contributed by atoms with van der Waals surface area (Å²) in [6.07, 6.45) is 0.961. The first-order valence-corrected chi connectivity index (χ1v) is 10.2. The van der Waals surface area contributed by atoms with Crippen LogP contribution in [0.5, 0.6) is 0 Å². The van der Waals surface area contributed by atoms with Crippen LogP contribution >= 0.6 is 11.5 Å². The van der Waals surface area contributed by atoms with Crippen LogP contribution in [0.3, 0.4) is 0 Å². The Bertz CT molecular complexity index is 1010. The lowest BCUT2D eigenvalue weighted by Crippen LogP contribution is -2.29. The number of nitrogens with one attached hydrogen (secondary N) is 1. The second-order valence-electron chi connectivity index (χ2n) is 6.90. The van der Waals surface area contributed by atoms with E-state index in [2.05, 4.69) is 24.6 Å². The molecule has 6 nitrogen and oxygen atoms in total. The van der Waals surface area contributed by atoms with Crippen molar-refractivity contribution in [1.29, 1.82) is 0 Å². The third kappa shape index (κ3) is 4.59. The van der Waals surface area contributed by atoms with Crippen molar-refractivity contribution in [3.05, 3.63) is 53.7 Å². The average Bonchev–Trinajstić information content (AvgIpc) is 3.22. The van der Waals surface area contributed by atoms with Crippen LogP contribution in [-0.2, 0) is 6.18 Å². The van der Waals surface area contributed by atoms with Gasteiger partial charge in [0, 0.05) is 30.2 Å². The molecule has 0 radical (unpaired) electrons. The highest BCUT2D eigenvalue weighted by Crippen LogP contribution is 2.29. The van der Waals surface area contributed by atoms with Gasteiger partial charge in [0.2, 0.25) is 5.13 Å². The SMILES string of the molecule is O=C(Nc1nc(-c2ccc(N3CCCCC3)cn2)ns1)c1ccc(C(F)(F)F)cc1. The van der Waals surface area contributed by atoms with Crippen molar-refractivity contribution in [2.75, 3.05) is 23.3 Å². The van der Waals surface area contributed by atoms with Gasteiger partial charge in [0.25, 0.3) is 5.91 Å². The van der Waals surface area contributed by atoms with Crippen molar-refractivity contribution >= 4 is 28.3 Å². The maximum Gasteiger partial charge on any atom is 0.416 e. The average molecular weight is 433 g/mol. The van der Waals surface area contributed by atoms with Crippen LogP contribution < -0.4 is 10.2 Å². The van der Waals surface area contributed by atoms with Gasteiger partial charge in [0.15, 0.2) is 5.82 Å². The quantitative estimate of drug-likeness (QED) is 0.636. The van der Waals surface area contributed by atoms with Crippen LogP contribution in [0.4, 0.5) is 24.0 Å². The van der Waals surface area contributed by atoms with Crippen LogP contribution in [0.15, 0.2) is 42.6 Å². The number of hydrogen-bond donors (Lipinski definition) is 1. The van der Waals surface area contributed by atoms with Crippen molar-refractivity contribution in [1.82, 2.24) is 14.3 Å². The predicted octanol–water partition coefficient (Wildman–Crippen LogP) is 4.86. The Morgan fingerprint density at radius 2 is 1.77 bits per heavy atom. The molecule has 3 heterocycles. The monoisotopic (exact) mass is 433 g/mol. The molecular formula is C20H18F3N5OS. The first-order chi connectivity index (χ1) is 14.4. The lowest BCUT2D eigenvalue weighted by Gasteiger charge is -2.28. The number of piperidine rings is 1. The van der Waals surface area contributed by atoms with E-state index >= 15 is 0 Å². The highest BCUT2D eigenvalue weighted by atomic mass is 32.1. The largest absolute Gasteiger partial charge is 0.416 e. The second kappa shape index (κ2) is 8.39. The van der Waals surface area contributed by atoms with Crippen molar-refractivity contribution in [3.8, 4) is 11.5 Å². The molecule has 0 bridgehead atoms. The molecule has 30 heavy (non-hydrogen) atoms. The summed E-state index contributed by atoms with van der Waals surface area (Å²) in [6, 6.07) is 7.81. The number of anilines is 2. The van der Waals surface area contributed by atoms with Gasteiger partial charge in [-0.3, -0.25) is 15.1 Å². The molecular weight excluding hydrogens is 415 g/mol. The van der Waals surface area contributed by atoms with E-state index in [1.807, 2.05) is 12.1 Å². The molecule has 2 aromatic heterocycles. The number of carbonyl (C=O) groups is 1. The van der Waals surface area contributed by atoms with Gasteiger partial charge in [-0.2, -0.15) is 22.5 Å². The molecule has 0 aliphatic carbocycles. The Morgan fingerprint density at radius 3 is 2.40 bits per heavy atom. The molecule has 0 atom stereocenters. The van der Waals surface area contributed by atoms with E-state index in [1.54, 1.807) is 6.20 Å². The van der Waals surface area contributed by atoms with Crippen LogP contribution in [0, 0.1) is 0 Å². The van der Waals surface area contributed by atoms with E-state index in [1.165, 1.54) is 19.3 Å². The van der Waals surface area contributed by atoms with E-state index < -0.39 is 17.6 Å². The lowest BCUT2D eigenvalue weighted by atomic mass is 10.1. The first kappa shape index (κ1) is 20.3. The Balaban J connectivity index is 1.42. The predicted molar refractivity (Wildman–Crippen MR) is 109 cm³/mol. The molecule has 1 aliphatic heterocycles. The highest BCUT2D eigenvalue weighted by molar-refractivity contribution is 7.10. The standard InChI is InChI=1S/C20H18F3N5OS/c21-20(22,23)14-6-4-13(5-7-14)18(29)26-19-25-17(27-30-19)16-9-8-15(12-24-16)28-10-2-1-3-11-28/h4-9,12H,1-3,10-11H2,(H,25,26,27,29). The van der Waals surface area contributed by atoms with Gasteiger partial charge in [-0.25, -0.2) is 0 Å². The summed E-state index contributed by atoms with van der Waals surface area (Å²) in [5, 5.41) is 2.81. The Labute approximate surface area is 175 Å². The molecule has 1 aromatic carbocycles. The molecule has 1 amide bonds. The Hall–Kier alpha value is -3.01. The van der Waals surface area contributed by atoms with Gasteiger partial charge in [-0.1, -0.05) is 0 Å². The van der Waals surface area contributed by atoms with Crippen molar-refractivity contribution < 1.29 is 18.0 Å². The number of alkyl halides is 3. The van der Waals surface area contributed by atoms with Crippen molar-refractivity contribution in [2.45, 2.75) is 25.4 Å². The summed E-state index contributed by atoms with van der Waals surface area (Å²) >= 11 is 0.984. The number of rotatable bonds is 4. The minimum absolute atomic E-state index is 0.101. The minimum Gasteiger partial charge on any atom is -0.370 e. The molecule has 1 fully saturated rings. The van der Waals surface area contributed by atoms with Crippen molar-refractivity contribution in [3.63, 3.8) is 0 Å². The fraction of sp³-hybridized carbons (Fsp3) is 0.300. The fourth-order valence-corrected chi connectivity index (χ4v) is 3.79. The van der Waals surface area contributed by atoms with Gasteiger partial charge >= 0.3 is 6.18 Å². The van der Waals surface area contributed by atoms with Gasteiger partial charge < -0.3 is 4.90 Å². The number of hydrogen-bond acceptors (Lipinski definition) is 6. The summed E-state index contributed by atoms with van der Waals surface area (Å²) in [5.74, 6) is -0.173. The van der Waals surface area contributed by atoms with Gasteiger partial charge in [0.1, 0.15) is 5.69 Å². The second-order valence-corrected chi connectivity index (χ2v) is 7.65. The summed E-state index contributed by atoms with van der Waals surface area (Å²) in [4.78, 5) is 23.3. The molecule has 0 saturated carbocycles. The zero-order chi connectivity index (χ0) is 21.1. The minimum atomic E-state index is -4.44. The Kier molecular flexibility index (Phi) is 5.67. The van der Waals surface area contributed by atoms with E-state index in [4.69, 9.17) is 0 Å². The van der Waals surface area contributed by atoms with Crippen LogP contribution in [0.25, 0.3) is 11.5 Å². The van der Waals surface area contributed by atoms with Crippen LogP contribution in [0.1, 0.15) is 35.2 Å². The first-order valence-electron chi connectivity index (χ1n) is 9.44. The normalized spacial score (nSPS) is 14.6. The van der Waals surface area contributed by atoms with E-state index in [0.717, 1.165) is 54.6 Å². The number of halogens is 3. The van der Waals surface area contributed by atoms with Crippen LogP contribution in [-0.4, -0.2) is 33.3 Å². The molecule has 0 unspecified atom stereocenters. The third-order valence-electron chi connectivity index (χ3n) is 4.82. The molecule has 4 rings (SSSR count). The van der Waals surface area contributed by atoms with E-state index in [0.29, 0.717) is 11.5 Å². The summed E-state index contributed by atoms with van der Waals surface area (Å²) in [5.41, 5.74) is 0.937. The molecule has 1 saturated heterocycles. The van der Waals surface area contributed by atoms with Gasteiger partial charge in [-0.05, 0) is 55.7 Å². The van der Waals surface area contributed by atoms with Crippen LogP contribution in [0.2, 0.25) is 0 Å². The highest BCUT2D eigenvalue weighted by Gasteiger charge is 2.30. The molecule has 1 aliphatic rings. The van der Waals surface area contributed by atoms with Gasteiger partial charge in [0.05, 0.1) is 17.4 Å². The molecule has 3 aromatic rings. The van der Waals surface area contributed by atoms with Gasteiger partial charge in [-0.15, -0.1) is 0 Å². The van der Waals surface area contributed by atoms with E-state index in [9.17, 15) is 18.0 Å². The summed E-state index contributed by atoms with van der Waals surface area (Å²) in [6.45, 7) is 2.05. The zero-order valence-electron chi connectivity index (χ0n) is 15.8. The Morgan fingerprint density at radius 1 is 1.03 bits per heavy atom. The summed E-state index contributed by atoms with van der Waals surface area (Å²) in [7, 11) is 0. The van der Waals surface area contributed by atoms with E-state index in [-0.39, 0.29) is 10.7 Å². The van der Waals surface area contributed by atoms with Crippen molar-refractivity contribution in [2.24, 2.45) is 0 Å². The summed E-state index contributed by atoms with van der Waals surface area (Å²) < 4.78 is 42.1. The third-order valence-corrected chi connectivity index (χ3v) is 5.45. The molecule has 156 valence electrons. The maximum atomic E-state index is 12.6. The molecule has 0 spiro atoms. The number of pyridine rings is 1. The number of amides is 1.